The van der Waals surface area contributed by atoms with Gasteiger partial charge in [-0.1, -0.05) is 6.07 Å². The van der Waals surface area contributed by atoms with E-state index in [0.717, 1.165) is 11.1 Å². The van der Waals surface area contributed by atoms with Crippen LogP contribution in [0.15, 0.2) is 17.0 Å². The van der Waals surface area contributed by atoms with Gasteiger partial charge in [0, 0.05) is 12.6 Å². The van der Waals surface area contributed by atoms with Crippen LogP contribution in [0.4, 0.5) is 5.69 Å². The summed E-state index contributed by atoms with van der Waals surface area (Å²) in [5, 5.41) is 12.1. The summed E-state index contributed by atoms with van der Waals surface area (Å²) in [6.45, 7) is 3.78. The Morgan fingerprint density at radius 1 is 1.41 bits per heavy atom. The molecule has 1 atom stereocenters. The first-order chi connectivity index (χ1) is 7.94. The van der Waals surface area contributed by atoms with Gasteiger partial charge >= 0.3 is 0 Å². The molecular formula is C12H17NO3S. The van der Waals surface area contributed by atoms with Crippen LogP contribution in [-0.2, 0) is 9.84 Å². The maximum absolute atomic E-state index is 12.1. The molecule has 1 unspecified atom stereocenters. The predicted octanol–water partition coefficient (Wildman–Crippen LogP) is 1.25. The van der Waals surface area contributed by atoms with Crippen LogP contribution in [0.1, 0.15) is 17.5 Å². The van der Waals surface area contributed by atoms with Gasteiger partial charge in [-0.15, -0.1) is 0 Å². The summed E-state index contributed by atoms with van der Waals surface area (Å²) in [7, 11) is -3.23. The third-order valence-electron chi connectivity index (χ3n) is 3.03. The third-order valence-corrected chi connectivity index (χ3v) is 4.86. The zero-order valence-electron chi connectivity index (χ0n) is 10.0. The first kappa shape index (κ1) is 12.4. The third kappa shape index (κ3) is 2.30. The number of benzene rings is 1. The van der Waals surface area contributed by atoms with E-state index >= 15 is 0 Å². The van der Waals surface area contributed by atoms with E-state index in [0.29, 0.717) is 17.0 Å². The highest BCUT2D eigenvalue weighted by Crippen LogP contribution is 2.33. The molecule has 0 saturated carbocycles. The average molecular weight is 255 g/mol. The molecule has 94 valence electrons. The zero-order chi connectivity index (χ0) is 12.6. The van der Waals surface area contributed by atoms with Crippen molar-refractivity contribution in [2.75, 3.05) is 17.7 Å². The summed E-state index contributed by atoms with van der Waals surface area (Å²) in [5.41, 5.74) is 2.58. The summed E-state index contributed by atoms with van der Waals surface area (Å²) in [6, 6.07) is 3.47. The number of rotatable bonds is 2. The Morgan fingerprint density at radius 3 is 2.76 bits per heavy atom. The van der Waals surface area contributed by atoms with Crippen LogP contribution in [0.3, 0.4) is 0 Å². The molecule has 17 heavy (non-hydrogen) atoms. The van der Waals surface area contributed by atoms with E-state index in [9.17, 15) is 8.42 Å². The molecule has 0 aromatic heterocycles. The molecular weight excluding hydrogens is 238 g/mol. The lowest BCUT2D eigenvalue weighted by Crippen LogP contribution is -2.35. The van der Waals surface area contributed by atoms with Crippen LogP contribution >= 0.6 is 0 Å². The van der Waals surface area contributed by atoms with Gasteiger partial charge in [-0.2, -0.15) is 0 Å². The number of aliphatic hydroxyl groups excluding tert-OH is 1. The second kappa shape index (κ2) is 4.31. The van der Waals surface area contributed by atoms with Gasteiger partial charge in [-0.3, -0.25) is 0 Å². The fraction of sp³-hybridized carbons (Fsp3) is 0.500. The second-order valence-electron chi connectivity index (χ2n) is 4.59. The topological polar surface area (TPSA) is 66.4 Å². The minimum Gasteiger partial charge on any atom is -0.396 e. The Labute approximate surface area is 102 Å². The highest BCUT2D eigenvalue weighted by Gasteiger charge is 2.30. The SMILES string of the molecule is Cc1cc(C)c2c(c1)S(=O)(=O)CC(CCO)N2. The van der Waals surface area contributed by atoms with E-state index in [-0.39, 0.29) is 18.4 Å². The molecule has 1 heterocycles. The Morgan fingerprint density at radius 2 is 2.12 bits per heavy atom. The number of hydrogen-bond acceptors (Lipinski definition) is 4. The molecule has 2 N–H and O–H groups in total. The van der Waals surface area contributed by atoms with Crippen LogP contribution < -0.4 is 5.32 Å². The maximum Gasteiger partial charge on any atom is 0.182 e. The minimum absolute atomic E-state index is 0.00652. The molecule has 1 aliphatic rings. The van der Waals surface area contributed by atoms with Crippen molar-refractivity contribution >= 4 is 15.5 Å². The first-order valence-corrected chi connectivity index (χ1v) is 7.30. The Hall–Kier alpha value is -1.07. The summed E-state index contributed by atoms with van der Waals surface area (Å²) >= 11 is 0. The lowest BCUT2D eigenvalue weighted by Gasteiger charge is -2.28. The minimum atomic E-state index is -3.23. The van der Waals surface area contributed by atoms with Crippen LogP contribution in [-0.4, -0.2) is 31.9 Å². The summed E-state index contributed by atoms with van der Waals surface area (Å²) in [5.74, 6) is 0.0590. The molecule has 0 bridgehead atoms. The number of aryl methyl sites for hydroxylation is 2. The molecule has 0 amide bonds. The Kier molecular flexibility index (Phi) is 3.14. The van der Waals surface area contributed by atoms with Crippen molar-refractivity contribution in [3.05, 3.63) is 23.3 Å². The Bertz CT molecular complexity index is 537. The first-order valence-electron chi connectivity index (χ1n) is 5.65. The average Bonchev–Trinajstić information content (AvgIpc) is 2.20. The monoisotopic (exact) mass is 255 g/mol. The molecule has 1 aromatic carbocycles. The van der Waals surface area contributed by atoms with Gasteiger partial charge < -0.3 is 10.4 Å². The van der Waals surface area contributed by atoms with Crippen LogP contribution in [0.5, 0.6) is 0 Å². The fourth-order valence-corrected chi connectivity index (χ4v) is 4.13. The van der Waals surface area contributed by atoms with Gasteiger partial charge in [0.15, 0.2) is 9.84 Å². The van der Waals surface area contributed by atoms with Crippen molar-refractivity contribution in [1.82, 2.24) is 0 Å². The largest absolute Gasteiger partial charge is 0.396 e. The number of anilines is 1. The standard InChI is InChI=1S/C12H17NO3S/c1-8-5-9(2)12-11(6-8)17(15,16)7-10(13-12)3-4-14/h5-6,10,13-14H,3-4,7H2,1-2H3. The van der Waals surface area contributed by atoms with Gasteiger partial charge in [0.2, 0.25) is 0 Å². The molecule has 1 aromatic rings. The fourth-order valence-electron chi connectivity index (χ4n) is 2.27. The van der Waals surface area contributed by atoms with Gasteiger partial charge in [0.25, 0.3) is 0 Å². The van der Waals surface area contributed by atoms with E-state index < -0.39 is 9.84 Å². The number of nitrogens with one attached hydrogen (secondary N) is 1. The zero-order valence-corrected chi connectivity index (χ0v) is 10.8. The van der Waals surface area contributed by atoms with E-state index in [2.05, 4.69) is 5.32 Å². The van der Waals surface area contributed by atoms with Crippen molar-refractivity contribution in [3.8, 4) is 0 Å². The van der Waals surface area contributed by atoms with Gasteiger partial charge in [-0.05, 0) is 37.5 Å². The van der Waals surface area contributed by atoms with Crippen molar-refractivity contribution in [3.63, 3.8) is 0 Å². The van der Waals surface area contributed by atoms with Gasteiger partial charge in [-0.25, -0.2) is 8.42 Å². The van der Waals surface area contributed by atoms with Gasteiger partial charge in [0.05, 0.1) is 16.3 Å². The quantitative estimate of drug-likeness (QED) is 0.835. The summed E-state index contributed by atoms with van der Waals surface area (Å²) in [4.78, 5) is 0.393. The van der Waals surface area contributed by atoms with Crippen molar-refractivity contribution in [2.45, 2.75) is 31.2 Å². The molecule has 0 spiro atoms. The molecule has 2 rings (SSSR count). The lowest BCUT2D eigenvalue weighted by molar-refractivity contribution is 0.282. The molecule has 0 saturated heterocycles. The highest BCUT2D eigenvalue weighted by atomic mass is 32.2. The normalized spacial score (nSPS) is 21.7. The number of fused-ring (bicyclic) bond motifs is 1. The lowest BCUT2D eigenvalue weighted by atomic mass is 10.1. The molecule has 0 aliphatic carbocycles. The van der Waals surface area contributed by atoms with E-state index in [4.69, 9.17) is 5.11 Å². The number of aliphatic hydroxyl groups is 1. The highest BCUT2D eigenvalue weighted by molar-refractivity contribution is 7.91. The smallest absolute Gasteiger partial charge is 0.182 e. The molecule has 5 heteroatoms. The molecule has 0 fully saturated rings. The van der Waals surface area contributed by atoms with Gasteiger partial charge in [0.1, 0.15) is 0 Å². The van der Waals surface area contributed by atoms with Crippen LogP contribution in [0.25, 0.3) is 0 Å². The van der Waals surface area contributed by atoms with Crippen molar-refractivity contribution in [1.29, 1.82) is 0 Å². The maximum atomic E-state index is 12.1. The number of sulfone groups is 1. The van der Waals surface area contributed by atoms with E-state index in [1.165, 1.54) is 0 Å². The van der Waals surface area contributed by atoms with Crippen LogP contribution in [0.2, 0.25) is 0 Å². The van der Waals surface area contributed by atoms with Crippen molar-refractivity contribution < 1.29 is 13.5 Å². The second-order valence-corrected chi connectivity index (χ2v) is 6.59. The van der Waals surface area contributed by atoms with Crippen LogP contribution in [0, 0.1) is 13.8 Å². The van der Waals surface area contributed by atoms with E-state index in [1.807, 2.05) is 19.9 Å². The molecule has 0 radical (unpaired) electrons. The Balaban J connectivity index is 2.53. The predicted molar refractivity (Wildman–Crippen MR) is 67.1 cm³/mol. The van der Waals surface area contributed by atoms with E-state index in [1.54, 1.807) is 6.07 Å². The molecule has 1 aliphatic heterocycles. The summed E-state index contributed by atoms with van der Waals surface area (Å²) < 4.78 is 24.3. The molecule has 4 nitrogen and oxygen atoms in total. The number of hydrogen-bond donors (Lipinski definition) is 2. The van der Waals surface area contributed by atoms with Crippen molar-refractivity contribution in [2.24, 2.45) is 0 Å². The summed E-state index contributed by atoms with van der Waals surface area (Å²) in [6.07, 6.45) is 0.450.